The van der Waals surface area contributed by atoms with Gasteiger partial charge in [0, 0.05) is 18.5 Å². The Hall–Kier alpha value is -3.68. The van der Waals surface area contributed by atoms with Gasteiger partial charge in [-0.2, -0.15) is 5.10 Å². The van der Waals surface area contributed by atoms with E-state index in [2.05, 4.69) is 20.4 Å². The third-order valence-corrected chi connectivity index (χ3v) is 3.45. The molecule has 2 heterocycles. The van der Waals surface area contributed by atoms with Crippen molar-refractivity contribution in [2.75, 3.05) is 19.5 Å². The molecule has 8 nitrogen and oxygen atoms in total. The summed E-state index contributed by atoms with van der Waals surface area (Å²) in [6.07, 6.45) is 9.51. The summed E-state index contributed by atoms with van der Waals surface area (Å²) in [5, 5.41) is 6.74. The molecule has 0 atom stereocenters. The lowest BCUT2D eigenvalue weighted by Gasteiger charge is -2.07. The highest BCUT2D eigenvalue weighted by atomic mass is 16.5. The molecule has 0 radical (unpaired) electrons. The third kappa shape index (κ3) is 4.04. The normalized spacial score (nSPS) is 10.7. The second-order valence-electron chi connectivity index (χ2n) is 5.16. The Bertz CT molecular complexity index is 905. The molecule has 8 heteroatoms. The lowest BCUT2D eigenvalue weighted by molar-refractivity contribution is -0.111. The van der Waals surface area contributed by atoms with Gasteiger partial charge >= 0.3 is 0 Å². The molecule has 0 aliphatic heterocycles. The fourth-order valence-corrected chi connectivity index (χ4v) is 2.20. The lowest BCUT2D eigenvalue weighted by Crippen LogP contribution is -2.09. The number of nitrogens with one attached hydrogen (secondary N) is 1. The number of rotatable bonds is 6. The zero-order chi connectivity index (χ0) is 18.4. The number of ether oxygens (including phenoxy) is 2. The average Bonchev–Trinajstić information content (AvgIpc) is 3.21. The maximum absolute atomic E-state index is 12.0. The predicted octanol–water partition coefficient (Wildman–Crippen LogP) is 2.33. The van der Waals surface area contributed by atoms with Crippen LogP contribution in [0.3, 0.4) is 0 Å². The molecular formula is C18H17N5O3. The SMILES string of the molecule is COc1ccc(C=CC(=O)Nc2cnc(-n3cccn3)nc2)cc1OC. The third-order valence-electron chi connectivity index (χ3n) is 3.45. The molecule has 26 heavy (non-hydrogen) atoms. The van der Waals surface area contributed by atoms with Gasteiger partial charge in [-0.25, -0.2) is 14.6 Å². The van der Waals surface area contributed by atoms with Crippen molar-refractivity contribution in [1.82, 2.24) is 19.7 Å². The smallest absolute Gasteiger partial charge is 0.250 e. The topological polar surface area (TPSA) is 91.2 Å². The lowest BCUT2D eigenvalue weighted by atomic mass is 10.2. The minimum Gasteiger partial charge on any atom is -0.493 e. The molecule has 0 saturated heterocycles. The van der Waals surface area contributed by atoms with Crippen molar-refractivity contribution in [2.24, 2.45) is 0 Å². The Morgan fingerprint density at radius 2 is 1.92 bits per heavy atom. The van der Waals surface area contributed by atoms with Crippen molar-refractivity contribution in [1.29, 1.82) is 0 Å². The summed E-state index contributed by atoms with van der Waals surface area (Å²) in [5.41, 5.74) is 1.30. The molecule has 0 aliphatic carbocycles. The van der Waals surface area contributed by atoms with Crippen LogP contribution in [0.15, 0.2) is 55.1 Å². The molecule has 1 aromatic carbocycles. The zero-order valence-corrected chi connectivity index (χ0v) is 14.3. The molecular weight excluding hydrogens is 334 g/mol. The minimum atomic E-state index is -0.296. The first-order valence-corrected chi connectivity index (χ1v) is 7.73. The molecule has 0 aliphatic rings. The van der Waals surface area contributed by atoms with E-state index in [1.807, 2.05) is 6.07 Å². The number of methoxy groups -OCH3 is 2. The highest BCUT2D eigenvalue weighted by molar-refractivity contribution is 6.01. The Balaban J connectivity index is 1.64. The zero-order valence-electron chi connectivity index (χ0n) is 14.3. The molecule has 132 valence electrons. The highest BCUT2D eigenvalue weighted by Crippen LogP contribution is 2.27. The Kier molecular flexibility index (Phi) is 5.23. The molecule has 1 N–H and O–H groups in total. The van der Waals surface area contributed by atoms with Crippen molar-refractivity contribution in [3.63, 3.8) is 0 Å². The van der Waals surface area contributed by atoms with Crippen LogP contribution in [0.4, 0.5) is 5.69 Å². The van der Waals surface area contributed by atoms with E-state index in [1.54, 1.807) is 50.9 Å². The second-order valence-corrected chi connectivity index (χ2v) is 5.16. The summed E-state index contributed by atoms with van der Waals surface area (Å²) in [5.74, 6) is 1.35. The molecule has 2 aromatic heterocycles. The van der Waals surface area contributed by atoms with Crippen molar-refractivity contribution < 1.29 is 14.3 Å². The number of hydrogen-bond donors (Lipinski definition) is 1. The summed E-state index contributed by atoms with van der Waals surface area (Å²) in [6, 6.07) is 7.16. The van der Waals surface area contributed by atoms with Crippen LogP contribution < -0.4 is 14.8 Å². The Morgan fingerprint density at radius 3 is 2.58 bits per heavy atom. The van der Waals surface area contributed by atoms with Gasteiger partial charge in [0.2, 0.25) is 5.91 Å². The molecule has 0 saturated carbocycles. The summed E-state index contributed by atoms with van der Waals surface area (Å²) in [7, 11) is 3.13. The van der Waals surface area contributed by atoms with Gasteiger partial charge in [-0.05, 0) is 29.8 Å². The molecule has 0 bridgehead atoms. The van der Waals surface area contributed by atoms with Gasteiger partial charge in [-0.15, -0.1) is 0 Å². The van der Waals surface area contributed by atoms with Gasteiger partial charge < -0.3 is 14.8 Å². The molecule has 0 fully saturated rings. The maximum atomic E-state index is 12.0. The van der Waals surface area contributed by atoms with Crippen LogP contribution in [0.25, 0.3) is 12.0 Å². The number of aromatic nitrogens is 4. The van der Waals surface area contributed by atoms with E-state index in [0.29, 0.717) is 23.1 Å². The van der Waals surface area contributed by atoms with Crippen molar-refractivity contribution in [2.45, 2.75) is 0 Å². The van der Waals surface area contributed by atoms with Gasteiger partial charge in [-0.1, -0.05) is 6.07 Å². The molecule has 0 unspecified atom stereocenters. The molecule has 1 amide bonds. The van der Waals surface area contributed by atoms with E-state index >= 15 is 0 Å². The first kappa shape index (κ1) is 17.2. The van der Waals surface area contributed by atoms with Gasteiger partial charge in [0.15, 0.2) is 11.5 Å². The number of carbonyl (C=O) groups excluding carboxylic acids is 1. The monoisotopic (exact) mass is 351 g/mol. The Morgan fingerprint density at radius 1 is 1.15 bits per heavy atom. The number of benzene rings is 1. The number of hydrogen-bond acceptors (Lipinski definition) is 6. The van der Waals surface area contributed by atoms with Crippen LogP contribution in [0.5, 0.6) is 11.5 Å². The second kappa shape index (κ2) is 7.93. The first-order chi connectivity index (χ1) is 12.7. The fourth-order valence-electron chi connectivity index (χ4n) is 2.20. The van der Waals surface area contributed by atoms with Crippen LogP contribution in [0.1, 0.15) is 5.56 Å². The van der Waals surface area contributed by atoms with Crippen molar-refractivity contribution in [3.05, 3.63) is 60.7 Å². The quantitative estimate of drug-likeness (QED) is 0.686. The Labute approximate surface area is 150 Å². The van der Waals surface area contributed by atoms with E-state index in [0.717, 1.165) is 5.56 Å². The van der Waals surface area contributed by atoms with Gasteiger partial charge in [0.05, 0.1) is 32.3 Å². The van der Waals surface area contributed by atoms with Crippen molar-refractivity contribution in [3.8, 4) is 17.4 Å². The fraction of sp³-hybridized carbons (Fsp3) is 0.111. The van der Waals surface area contributed by atoms with Crippen LogP contribution in [-0.2, 0) is 4.79 Å². The number of amides is 1. The predicted molar refractivity (Wildman–Crippen MR) is 96.4 cm³/mol. The van der Waals surface area contributed by atoms with E-state index < -0.39 is 0 Å². The van der Waals surface area contributed by atoms with E-state index in [9.17, 15) is 4.79 Å². The average molecular weight is 351 g/mol. The molecule has 0 spiro atoms. The van der Waals surface area contributed by atoms with Gasteiger partial charge in [0.1, 0.15) is 0 Å². The molecule has 3 rings (SSSR count). The number of anilines is 1. The standard InChI is InChI=1S/C18H17N5O3/c1-25-15-6-4-13(10-16(15)26-2)5-7-17(24)22-14-11-19-18(20-12-14)23-9-3-8-21-23/h3-12H,1-2H3,(H,22,24). The first-order valence-electron chi connectivity index (χ1n) is 7.73. The largest absolute Gasteiger partial charge is 0.493 e. The van der Waals surface area contributed by atoms with Gasteiger partial charge in [-0.3, -0.25) is 4.79 Å². The van der Waals surface area contributed by atoms with E-state index in [-0.39, 0.29) is 5.91 Å². The number of carbonyl (C=O) groups is 1. The summed E-state index contributed by atoms with van der Waals surface area (Å²) < 4.78 is 12.0. The van der Waals surface area contributed by atoms with E-state index in [4.69, 9.17) is 9.47 Å². The minimum absolute atomic E-state index is 0.296. The van der Waals surface area contributed by atoms with Crippen LogP contribution >= 0.6 is 0 Å². The summed E-state index contributed by atoms with van der Waals surface area (Å²) in [4.78, 5) is 20.4. The van der Waals surface area contributed by atoms with Crippen LogP contribution in [-0.4, -0.2) is 39.9 Å². The number of nitrogens with zero attached hydrogens (tertiary/aromatic N) is 4. The van der Waals surface area contributed by atoms with E-state index in [1.165, 1.54) is 23.2 Å². The summed E-state index contributed by atoms with van der Waals surface area (Å²) >= 11 is 0. The highest BCUT2D eigenvalue weighted by Gasteiger charge is 2.04. The van der Waals surface area contributed by atoms with Crippen LogP contribution in [0.2, 0.25) is 0 Å². The van der Waals surface area contributed by atoms with Gasteiger partial charge in [0.25, 0.3) is 5.95 Å². The molecule has 3 aromatic rings. The van der Waals surface area contributed by atoms with Crippen LogP contribution in [0, 0.1) is 0 Å². The maximum Gasteiger partial charge on any atom is 0.250 e. The summed E-state index contributed by atoms with van der Waals surface area (Å²) in [6.45, 7) is 0. The van der Waals surface area contributed by atoms with Crippen molar-refractivity contribution >= 4 is 17.7 Å².